The zero-order chi connectivity index (χ0) is 19.1. The minimum absolute atomic E-state index is 0.0617. The van der Waals surface area contributed by atoms with Crippen molar-refractivity contribution in [1.29, 1.82) is 0 Å². The van der Waals surface area contributed by atoms with Crippen LogP contribution in [0, 0.1) is 0 Å². The van der Waals surface area contributed by atoms with Gasteiger partial charge >= 0.3 is 0 Å². The number of nitrogens with one attached hydrogen (secondary N) is 2. The van der Waals surface area contributed by atoms with Gasteiger partial charge in [0.05, 0.1) is 18.3 Å². The van der Waals surface area contributed by atoms with E-state index in [1.54, 1.807) is 0 Å². The van der Waals surface area contributed by atoms with Gasteiger partial charge < -0.3 is 10.6 Å². The molecule has 0 spiro atoms. The Labute approximate surface area is 161 Å². The smallest absolute Gasteiger partial charge is 0.192 e. The highest BCUT2D eigenvalue weighted by Gasteiger charge is 2.14. The van der Waals surface area contributed by atoms with E-state index in [0.29, 0.717) is 6.54 Å². The molecule has 1 aromatic heterocycles. The van der Waals surface area contributed by atoms with Crippen LogP contribution in [0.2, 0.25) is 5.02 Å². The van der Waals surface area contributed by atoms with Gasteiger partial charge in [0.2, 0.25) is 0 Å². The lowest BCUT2D eigenvalue weighted by Crippen LogP contribution is -2.38. The summed E-state index contributed by atoms with van der Waals surface area (Å²) in [6, 6.07) is 7.95. The topological polar surface area (TPSA) is 54.2 Å². The van der Waals surface area contributed by atoms with Crippen LogP contribution < -0.4 is 10.6 Å². The highest BCUT2D eigenvalue weighted by molar-refractivity contribution is 6.31. The van der Waals surface area contributed by atoms with Crippen molar-refractivity contribution in [1.82, 2.24) is 20.4 Å². The number of halogens is 1. The summed E-state index contributed by atoms with van der Waals surface area (Å²) in [6.07, 6.45) is 1.87. The lowest BCUT2D eigenvalue weighted by atomic mass is 10.1. The lowest BCUT2D eigenvalue weighted by Gasteiger charge is -2.19. The molecule has 142 valence electrons. The normalized spacial score (nSPS) is 12.9. The Morgan fingerprint density at radius 1 is 1.23 bits per heavy atom. The fourth-order valence-corrected chi connectivity index (χ4v) is 3.46. The molecule has 0 aliphatic rings. The molecule has 1 aromatic carbocycles. The van der Waals surface area contributed by atoms with E-state index in [9.17, 15) is 0 Å². The van der Waals surface area contributed by atoms with Crippen molar-refractivity contribution < 1.29 is 0 Å². The summed E-state index contributed by atoms with van der Waals surface area (Å²) in [7, 11) is 2.01. The van der Waals surface area contributed by atoms with Gasteiger partial charge in [-0.05, 0) is 38.3 Å². The third-order valence-corrected chi connectivity index (χ3v) is 4.84. The van der Waals surface area contributed by atoms with Gasteiger partial charge in [-0.1, -0.05) is 43.6 Å². The van der Waals surface area contributed by atoms with Crippen molar-refractivity contribution in [3.63, 3.8) is 0 Å². The number of aryl methyl sites for hydroxylation is 2. The number of hydrogen-bond donors (Lipinski definition) is 2. The molecule has 0 radical (unpaired) electrons. The predicted molar refractivity (Wildman–Crippen MR) is 110 cm³/mol. The maximum absolute atomic E-state index is 6.32. The second-order valence-electron chi connectivity index (χ2n) is 6.29. The third kappa shape index (κ3) is 4.79. The van der Waals surface area contributed by atoms with Crippen LogP contribution in [-0.4, -0.2) is 22.3 Å². The number of aliphatic imine (C=N–C) groups is 1. The maximum atomic E-state index is 6.32. The van der Waals surface area contributed by atoms with E-state index >= 15 is 0 Å². The molecule has 6 heteroatoms. The van der Waals surface area contributed by atoms with Crippen LogP contribution >= 0.6 is 11.6 Å². The molecule has 0 saturated heterocycles. The van der Waals surface area contributed by atoms with E-state index in [0.717, 1.165) is 41.6 Å². The molecule has 5 nitrogen and oxygen atoms in total. The van der Waals surface area contributed by atoms with Crippen molar-refractivity contribution in [3.8, 4) is 0 Å². The summed E-state index contributed by atoms with van der Waals surface area (Å²) in [6.45, 7) is 9.87. The number of guanidine groups is 1. The van der Waals surface area contributed by atoms with E-state index < -0.39 is 0 Å². The summed E-state index contributed by atoms with van der Waals surface area (Å²) in [5.41, 5.74) is 4.67. The Morgan fingerprint density at radius 3 is 2.58 bits per heavy atom. The first-order valence-electron chi connectivity index (χ1n) is 9.34. The molecule has 0 bridgehead atoms. The first-order valence-corrected chi connectivity index (χ1v) is 9.72. The molecule has 2 aromatic rings. The molecule has 26 heavy (non-hydrogen) atoms. The van der Waals surface area contributed by atoms with E-state index in [4.69, 9.17) is 16.6 Å². The Kier molecular flexibility index (Phi) is 7.51. The molecule has 1 heterocycles. The second-order valence-corrected chi connectivity index (χ2v) is 6.69. The van der Waals surface area contributed by atoms with Crippen LogP contribution in [-0.2, 0) is 26.4 Å². The minimum Gasteiger partial charge on any atom is -0.357 e. The average Bonchev–Trinajstić information content (AvgIpc) is 2.94. The van der Waals surface area contributed by atoms with Gasteiger partial charge in [-0.3, -0.25) is 4.68 Å². The summed E-state index contributed by atoms with van der Waals surface area (Å²) in [5, 5.41) is 12.2. The van der Waals surface area contributed by atoms with Crippen LogP contribution in [0.25, 0.3) is 0 Å². The van der Waals surface area contributed by atoms with Crippen LogP contribution in [0.3, 0.4) is 0 Å². The molecular weight excluding hydrogens is 346 g/mol. The molecule has 0 saturated carbocycles. The molecule has 1 unspecified atom stereocenters. The van der Waals surface area contributed by atoms with Gasteiger partial charge in [-0.25, -0.2) is 4.99 Å². The van der Waals surface area contributed by atoms with Crippen molar-refractivity contribution in [2.45, 2.75) is 53.1 Å². The van der Waals surface area contributed by atoms with Crippen molar-refractivity contribution in [3.05, 3.63) is 51.8 Å². The SMILES string of the molecule is CCNC(=NCc1c(CC)nn(C)c1CC)NC(C)c1ccccc1Cl. The van der Waals surface area contributed by atoms with Crippen LogP contribution in [0.5, 0.6) is 0 Å². The summed E-state index contributed by atoms with van der Waals surface area (Å²) >= 11 is 6.32. The molecule has 2 rings (SSSR count). The fourth-order valence-electron chi connectivity index (χ4n) is 3.16. The summed E-state index contributed by atoms with van der Waals surface area (Å²) < 4.78 is 1.98. The van der Waals surface area contributed by atoms with Gasteiger partial charge in [0, 0.05) is 29.9 Å². The van der Waals surface area contributed by atoms with Crippen LogP contribution in [0.1, 0.15) is 56.3 Å². The van der Waals surface area contributed by atoms with Crippen molar-refractivity contribution in [2.24, 2.45) is 12.0 Å². The number of nitrogens with zero attached hydrogens (tertiary/aromatic N) is 3. The van der Waals surface area contributed by atoms with E-state index in [1.807, 2.05) is 36.0 Å². The molecule has 1 atom stereocenters. The number of aromatic nitrogens is 2. The van der Waals surface area contributed by atoms with Gasteiger partial charge in [0.25, 0.3) is 0 Å². The van der Waals surface area contributed by atoms with Gasteiger partial charge in [-0.2, -0.15) is 5.10 Å². The Hall–Kier alpha value is -2.01. The quantitative estimate of drug-likeness (QED) is 0.567. The molecular formula is C20H30ClN5. The van der Waals surface area contributed by atoms with Gasteiger partial charge in [0.15, 0.2) is 5.96 Å². The third-order valence-electron chi connectivity index (χ3n) is 4.49. The van der Waals surface area contributed by atoms with Crippen LogP contribution in [0.4, 0.5) is 0 Å². The Bertz CT molecular complexity index is 751. The zero-order valence-electron chi connectivity index (χ0n) is 16.4. The van der Waals surface area contributed by atoms with E-state index in [-0.39, 0.29) is 6.04 Å². The Balaban J connectivity index is 2.21. The van der Waals surface area contributed by atoms with Crippen molar-refractivity contribution in [2.75, 3.05) is 6.54 Å². The van der Waals surface area contributed by atoms with E-state index in [1.165, 1.54) is 11.3 Å². The zero-order valence-corrected chi connectivity index (χ0v) is 17.2. The van der Waals surface area contributed by atoms with Gasteiger partial charge in [0.1, 0.15) is 0 Å². The summed E-state index contributed by atoms with van der Waals surface area (Å²) in [5.74, 6) is 0.785. The molecule has 0 amide bonds. The standard InChI is InChI=1S/C20H30ClN5/c1-6-18-16(19(7-2)26(5)25-18)13-23-20(22-8-3)24-14(4)15-11-9-10-12-17(15)21/h9-12,14H,6-8,13H2,1-5H3,(H2,22,23,24). The second kappa shape index (κ2) is 9.62. The predicted octanol–water partition coefficient (Wildman–Crippen LogP) is 4.01. The van der Waals surface area contributed by atoms with E-state index in [2.05, 4.69) is 43.4 Å². The van der Waals surface area contributed by atoms with Crippen molar-refractivity contribution >= 4 is 17.6 Å². The number of hydrogen-bond acceptors (Lipinski definition) is 2. The first-order chi connectivity index (χ1) is 12.5. The number of rotatable bonds is 7. The average molecular weight is 376 g/mol. The number of benzene rings is 1. The highest BCUT2D eigenvalue weighted by atomic mass is 35.5. The summed E-state index contributed by atoms with van der Waals surface area (Å²) in [4.78, 5) is 4.81. The highest BCUT2D eigenvalue weighted by Crippen LogP contribution is 2.22. The molecule has 0 fully saturated rings. The maximum Gasteiger partial charge on any atom is 0.192 e. The Morgan fingerprint density at radius 2 is 1.96 bits per heavy atom. The minimum atomic E-state index is 0.0617. The molecule has 2 N–H and O–H groups in total. The van der Waals surface area contributed by atoms with Gasteiger partial charge in [-0.15, -0.1) is 0 Å². The van der Waals surface area contributed by atoms with Crippen LogP contribution in [0.15, 0.2) is 29.3 Å². The first kappa shape index (κ1) is 20.3. The molecule has 0 aliphatic heterocycles. The monoisotopic (exact) mass is 375 g/mol. The fraction of sp³-hybridized carbons (Fsp3) is 0.500. The largest absolute Gasteiger partial charge is 0.357 e. The lowest BCUT2D eigenvalue weighted by molar-refractivity contribution is 0.685. The molecule has 0 aliphatic carbocycles.